The maximum Gasteiger partial charge on any atom is 0.157 e. The number of rotatable bonds is 3. The highest BCUT2D eigenvalue weighted by molar-refractivity contribution is 5.65. The SMILES string of the molecule is NCc1cnn(-c2ccncn2)c1-c1ccccc1. The standard InChI is InChI=1S/C14H13N5/c15-8-12-9-18-19(13-6-7-16-10-17-13)14(12)11-4-2-1-3-5-11/h1-7,9-10H,8,15H2. The molecule has 0 amide bonds. The van der Waals surface area contributed by atoms with Crippen molar-refractivity contribution in [2.75, 3.05) is 0 Å². The summed E-state index contributed by atoms with van der Waals surface area (Å²) in [5.74, 6) is 0.730. The summed E-state index contributed by atoms with van der Waals surface area (Å²) in [6.45, 7) is 0.440. The van der Waals surface area contributed by atoms with Crippen LogP contribution in [0.2, 0.25) is 0 Å². The van der Waals surface area contributed by atoms with Crippen molar-refractivity contribution < 1.29 is 0 Å². The zero-order chi connectivity index (χ0) is 13.1. The molecular weight excluding hydrogens is 238 g/mol. The van der Waals surface area contributed by atoms with Crippen molar-refractivity contribution in [1.29, 1.82) is 0 Å². The van der Waals surface area contributed by atoms with Gasteiger partial charge in [-0.15, -0.1) is 0 Å². The maximum atomic E-state index is 5.79. The highest BCUT2D eigenvalue weighted by Crippen LogP contribution is 2.25. The minimum Gasteiger partial charge on any atom is -0.326 e. The normalized spacial score (nSPS) is 10.6. The van der Waals surface area contributed by atoms with E-state index < -0.39 is 0 Å². The lowest BCUT2D eigenvalue weighted by Gasteiger charge is -2.08. The van der Waals surface area contributed by atoms with Crippen molar-refractivity contribution in [3.63, 3.8) is 0 Å². The van der Waals surface area contributed by atoms with Gasteiger partial charge in [0.25, 0.3) is 0 Å². The second-order valence-electron chi connectivity index (χ2n) is 4.07. The molecule has 2 aromatic heterocycles. The Bertz CT molecular complexity index is 661. The average Bonchev–Trinajstić information content (AvgIpc) is 2.93. The first kappa shape index (κ1) is 11.6. The molecule has 0 bridgehead atoms. The molecule has 3 rings (SSSR count). The minimum absolute atomic E-state index is 0.440. The molecule has 2 N–H and O–H groups in total. The van der Waals surface area contributed by atoms with E-state index in [1.54, 1.807) is 17.1 Å². The predicted molar refractivity (Wildman–Crippen MR) is 72.5 cm³/mol. The van der Waals surface area contributed by atoms with Gasteiger partial charge in [0.2, 0.25) is 0 Å². The third-order valence-corrected chi connectivity index (χ3v) is 2.90. The Labute approximate surface area is 110 Å². The van der Waals surface area contributed by atoms with Crippen molar-refractivity contribution in [3.8, 4) is 17.1 Å². The van der Waals surface area contributed by atoms with Gasteiger partial charge in [0.05, 0.1) is 11.9 Å². The van der Waals surface area contributed by atoms with E-state index in [2.05, 4.69) is 15.1 Å². The molecular formula is C14H13N5. The van der Waals surface area contributed by atoms with Crippen LogP contribution in [-0.4, -0.2) is 19.7 Å². The number of nitrogens with two attached hydrogens (primary N) is 1. The van der Waals surface area contributed by atoms with Gasteiger partial charge in [0.15, 0.2) is 5.82 Å². The van der Waals surface area contributed by atoms with E-state index in [1.807, 2.05) is 36.4 Å². The van der Waals surface area contributed by atoms with Crippen molar-refractivity contribution in [2.24, 2.45) is 5.73 Å². The van der Waals surface area contributed by atoms with E-state index in [9.17, 15) is 0 Å². The average molecular weight is 251 g/mol. The van der Waals surface area contributed by atoms with Gasteiger partial charge in [-0.1, -0.05) is 30.3 Å². The van der Waals surface area contributed by atoms with Crippen molar-refractivity contribution in [2.45, 2.75) is 6.54 Å². The van der Waals surface area contributed by atoms with Gasteiger partial charge in [0.1, 0.15) is 6.33 Å². The Morgan fingerprint density at radius 1 is 1.11 bits per heavy atom. The summed E-state index contributed by atoms with van der Waals surface area (Å²) in [4.78, 5) is 8.15. The number of hydrogen-bond donors (Lipinski definition) is 1. The molecule has 3 aromatic rings. The van der Waals surface area contributed by atoms with Gasteiger partial charge in [-0.2, -0.15) is 5.10 Å². The zero-order valence-corrected chi connectivity index (χ0v) is 10.3. The Morgan fingerprint density at radius 3 is 2.63 bits per heavy atom. The van der Waals surface area contributed by atoms with Gasteiger partial charge in [-0.05, 0) is 0 Å². The second-order valence-corrected chi connectivity index (χ2v) is 4.07. The van der Waals surface area contributed by atoms with Crippen LogP contribution < -0.4 is 5.73 Å². The maximum absolute atomic E-state index is 5.79. The third-order valence-electron chi connectivity index (χ3n) is 2.90. The van der Waals surface area contributed by atoms with Crippen LogP contribution in [0.1, 0.15) is 5.56 Å². The van der Waals surface area contributed by atoms with Gasteiger partial charge in [-0.25, -0.2) is 14.6 Å². The van der Waals surface area contributed by atoms with Crippen molar-refractivity contribution >= 4 is 0 Å². The quantitative estimate of drug-likeness (QED) is 0.770. The van der Waals surface area contributed by atoms with Gasteiger partial charge < -0.3 is 5.73 Å². The van der Waals surface area contributed by atoms with Crippen LogP contribution in [0.5, 0.6) is 0 Å². The first-order valence-corrected chi connectivity index (χ1v) is 5.99. The molecule has 0 spiro atoms. The van der Waals surface area contributed by atoms with Gasteiger partial charge in [-0.3, -0.25) is 0 Å². The molecule has 0 radical (unpaired) electrons. The van der Waals surface area contributed by atoms with Crippen LogP contribution >= 0.6 is 0 Å². The lowest BCUT2D eigenvalue weighted by Crippen LogP contribution is -2.04. The Kier molecular flexibility index (Phi) is 3.04. The molecule has 0 aliphatic carbocycles. The minimum atomic E-state index is 0.440. The molecule has 0 unspecified atom stereocenters. The Balaban J connectivity index is 2.20. The molecule has 0 aliphatic heterocycles. The van der Waals surface area contributed by atoms with Crippen LogP contribution in [-0.2, 0) is 6.54 Å². The van der Waals surface area contributed by atoms with Crippen LogP contribution in [0.25, 0.3) is 17.1 Å². The highest BCUT2D eigenvalue weighted by Gasteiger charge is 2.13. The lowest BCUT2D eigenvalue weighted by molar-refractivity contribution is 0.846. The summed E-state index contributed by atoms with van der Waals surface area (Å²) in [5, 5.41) is 4.38. The molecule has 0 aliphatic rings. The zero-order valence-electron chi connectivity index (χ0n) is 10.3. The molecule has 5 nitrogen and oxygen atoms in total. The molecule has 5 heteroatoms. The van der Waals surface area contributed by atoms with Crippen LogP contribution in [0.3, 0.4) is 0 Å². The first-order valence-electron chi connectivity index (χ1n) is 5.99. The Hall–Kier alpha value is -2.53. The monoisotopic (exact) mass is 251 g/mol. The van der Waals surface area contributed by atoms with E-state index >= 15 is 0 Å². The van der Waals surface area contributed by atoms with Crippen molar-refractivity contribution in [1.82, 2.24) is 19.7 Å². The third kappa shape index (κ3) is 2.11. The lowest BCUT2D eigenvalue weighted by atomic mass is 10.1. The van der Waals surface area contributed by atoms with Crippen LogP contribution in [0, 0.1) is 0 Å². The number of aromatic nitrogens is 4. The number of nitrogens with zero attached hydrogens (tertiary/aromatic N) is 4. The van der Waals surface area contributed by atoms with Gasteiger partial charge in [0, 0.05) is 29.9 Å². The van der Waals surface area contributed by atoms with E-state index in [1.165, 1.54) is 6.33 Å². The second kappa shape index (κ2) is 4.99. The summed E-state index contributed by atoms with van der Waals surface area (Å²) in [6, 6.07) is 11.9. The van der Waals surface area contributed by atoms with E-state index in [-0.39, 0.29) is 0 Å². The first-order chi connectivity index (χ1) is 9.40. The van der Waals surface area contributed by atoms with Crippen molar-refractivity contribution in [3.05, 3.63) is 60.7 Å². The molecule has 19 heavy (non-hydrogen) atoms. The molecule has 94 valence electrons. The topological polar surface area (TPSA) is 69.6 Å². The van der Waals surface area contributed by atoms with E-state index in [0.717, 1.165) is 22.6 Å². The molecule has 0 saturated heterocycles. The molecule has 0 saturated carbocycles. The molecule has 1 aromatic carbocycles. The summed E-state index contributed by atoms with van der Waals surface area (Å²) in [6.07, 6.45) is 4.99. The summed E-state index contributed by atoms with van der Waals surface area (Å²) in [5.41, 5.74) is 8.83. The van der Waals surface area contributed by atoms with Crippen LogP contribution in [0.4, 0.5) is 0 Å². The number of benzene rings is 1. The number of hydrogen-bond acceptors (Lipinski definition) is 4. The smallest absolute Gasteiger partial charge is 0.157 e. The Morgan fingerprint density at radius 2 is 1.95 bits per heavy atom. The fraction of sp³-hybridized carbons (Fsp3) is 0.0714. The molecule has 0 fully saturated rings. The predicted octanol–water partition coefficient (Wildman–Crippen LogP) is 1.79. The van der Waals surface area contributed by atoms with E-state index in [4.69, 9.17) is 5.73 Å². The summed E-state index contributed by atoms with van der Waals surface area (Å²) in [7, 11) is 0. The molecule has 0 atom stereocenters. The fourth-order valence-corrected chi connectivity index (χ4v) is 2.02. The van der Waals surface area contributed by atoms with Crippen LogP contribution in [0.15, 0.2) is 55.1 Å². The summed E-state index contributed by atoms with van der Waals surface area (Å²) >= 11 is 0. The molecule has 2 heterocycles. The van der Waals surface area contributed by atoms with E-state index in [0.29, 0.717) is 6.54 Å². The largest absolute Gasteiger partial charge is 0.326 e. The van der Waals surface area contributed by atoms with Gasteiger partial charge >= 0.3 is 0 Å². The highest BCUT2D eigenvalue weighted by atomic mass is 15.3. The summed E-state index contributed by atoms with van der Waals surface area (Å²) < 4.78 is 1.79. The fourth-order valence-electron chi connectivity index (χ4n) is 2.02.